The van der Waals surface area contributed by atoms with Gasteiger partial charge in [0.25, 0.3) is 5.91 Å². The molecule has 9 heteroatoms. The van der Waals surface area contributed by atoms with E-state index in [2.05, 4.69) is 15.0 Å². The molecule has 164 valence electrons. The number of benzene rings is 1. The fraction of sp³-hybridized carbons (Fsp3) is 0.174. The zero-order chi connectivity index (χ0) is 22.8. The third-order valence-corrected chi connectivity index (χ3v) is 5.12. The maximum Gasteiger partial charge on any atom is 0.274 e. The lowest BCUT2D eigenvalue weighted by molar-refractivity contribution is 0.0989. The lowest BCUT2D eigenvalue weighted by Gasteiger charge is -2.20. The molecule has 1 aromatic carbocycles. The first-order chi connectivity index (χ1) is 15.4. The Labute approximate surface area is 184 Å². The predicted molar refractivity (Wildman–Crippen MR) is 123 cm³/mol. The first-order valence-electron chi connectivity index (χ1n) is 9.75. The fourth-order valence-electron chi connectivity index (χ4n) is 3.45. The zero-order valence-corrected chi connectivity index (χ0v) is 18.2. The normalized spacial score (nSPS) is 10.8. The van der Waals surface area contributed by atoms with Crippen LogP contribution in [0.1, 0.15) is 10.5 Å². The third-order valence-electron chi connectivity index (χ3n) is 5.12. The van der Waals surface area contributed by atoms with E-state index in [4.69, 9.17) is 19.9 Å². The van der Waals surface area contributed by atoms with Crippen molar-refractivity contribution in [1.82, 2.24) is 15.0 Å². The van der Waals surface area contributed by atoms with Gasteiger partial charge >= 0.3 is 0 Å². The molecule has 32 heavy (non-hydrogen) atoms. The average Bonchev–Trinajstić information content (AvgIpc) is 3.25. The highest BCUT2D eigenvalue weighted by atomic mass is 16.5. The number of H-pyrrole nitrogens is 1. The van der Waals surface area contributed by atoms with Crippen molar-refractivity contribution < 1.29 is 19.0 Å². The van der Waals surface area contributed by atoms with Gasteiger partial charge in [0, 0.05) is 30.9 Å². The number of nitrogens with one attached hydrogen (secondary N) is 1. The van der Waals surface area contributed by atoms with Gasteiger partial charge < -0.3 is 29.8 Å². The van der Waals surface area contributed by atoms with Crippen LogP contribution in [0.15, 0.2) is 48.7 Å². The number of rotatable bonds is 6. The summed E-state index contributed by atoms with van der Waals surface area (Å²) < 4.78 is 16.1. The van der Waals surface area contributed by atoms with Gasteiger partial charge in [0.05, 0.1) is 43.7 Å². The second kappa shape index (κ2) is 8.46. The Morgan fingerprint density at radius 3 is 2.34 bits per heavy atom. The van der Waals surface area contributed by atoms with E-state index < -0.39 is 0 Å². The number of aromatic amines is 1. The number of fused-ring (bicyclic) bond motifs is 1. The van der Waals surface area contributed by atoms with Crippen molar-refractivity contribution >= 4 is 28.4 Å². The topological polar surface area (TPSA) is 116 Å². The van der Waals surface area contributed by atoms with Gasteiger partial charge in [0.1, 0.15) is 11.5 Å². The van der Waals surface area contributed by atoms with Crippen LogP contribution < -0.4 is 24.8 Å². The summed E-state index contributed by atoms with van der Waals surface area (Å²) in [5.41, 5.74) is 9.77. The molecule has 0 aliphatic heterocycles. The number of methoxy groups -OCH3 is 3. The number of nitrogens with two attached hydrogens (primary N) is 1. The lowest BCUT2D eigenvalue weighted by atomic mass is 10.1. The Kier molecular flexibility index (Phi) is 5.55. The molecule has 0 bridgehead atoms. The molecule has 3 aromatic heterocycles. The van der Waals surface area contributed by atoms with Crippen LogP contribution in [0.3, 0.4) is 0 Å². The van der Waals surface area contributed by atoms with Crippen molar-refractivity contribution in [3.63, 3.8) is 0 Å². The lowest BCUT2D eigenvalue weighted by Crippen LogP contribution is -2.26. The summed E-state index contributed by atoms with van der Waals surface area (Å²) in [5, 5.41) is 0. The van der Waals surface area contributed by atoms with E-state index in [1.807, 2.05) is 18.2 Å². The van der Waals surface area contributed by atoms with Gasteiger partial charge in [-0.15, -0.1) is 0 Å². The minimum absolute atomic E-state index is 0.244. The van der Waals surface area contributed by atoms with E-state index in [1.54, 1.807) is 37.5 Å². The number of nitrogens with zero attached hydrogens (tertiary/aromatic N) is 3. The van der Waals surface area contributed by atoms with Crippen molar-refractivity contribution in [2.45, 2.75) is 0 Å². The van der Waals surface area contributed by atoms with E-state index in [0.717, 1.165) is 16.8 Å². The number of nitrogen functional groups attached to an aromatic ring is 1. The van der Waals surface area contributed by atoms with Crippen LogP contribution in [-0.4, -0.2) is 49.2 Å². The van der Waals surface area contributed by atoms with Crippen LogP contribution >= 0.6 is 0 Å². The maximum absolute atomic E-state index is 13.2. The molecule has 0 aliphatic carbocycles. The number of ether oxygens (including phenoxy) is 3. The van der Waals surface area contributed by atoms with Gasteiger partial charge in [0.2, 0.25) is 5.75 Å². The van der Waals surface area contributed by atoms with Crippen molar-refractivity contribution in [2.75, 3.05) is 39.0 Å². The maximum atomic E-state index is 13.2. The molecule has 4 aromatic rings. The average molecular weight is 433 g/mol. The minimum Gasteiger partial charge on any atom is -0.493 e. The van der Waals surface area contributed by atoms with Crippen LogP contribution in [0.4, 0.5) is 11.5 Å². The molecule has 0 saturated heterocycles. The largest absolute Gasteiger partial charge is 0.493 e. The quantitative estimate of drug-likeness (QED) is 0.478. The number of hydrogen-bond acceptors (Lipinski definition) is 7. The number of pyridine rings is 2. The molecule has 0 aliphatic rings. The van der Waals surface area contributed by atoms with Gasteiger partial charge in [-0.3, -0.25) is 4.79 Å². The van der Waals surface area contributed by atoms with Crippen molar-refractivity contribution in [1.29, 1.82) is 0 Å². The summed E-state index contributed by atoms with van der Waals surface area (Å²) in [5.74, 6) is 1.55. The third kappa shape index (κ3) is 3.76. The van der Waals surface area contributed by atoms with Gasteiger partial charge in [-0.1, -0.05) is 0 Å². The minimum atomic E-state index is -0.244. The molecule has 0 unspecified atom stereocenters. The van der Waals surface area contributed by atoms with Crippen molar-refractivity contribution in [3.8, 4) is 28.5 Å². The van der Waals surface area contributed by atoms with E-state index >= 15 is 0 Å². The summed E-state index contributed by atoms with van der Waals surface area (Å²) >= 11 is 0. The van der Waals surface area contributed by atoms with Crippen molar-refractivity contribution in [3.05, 3.63) is 54.4 Å². The molecule has 0 fully saturated rings. The van der Waals surface area contributed by atoms with Crippen LogP contribution in [0, 0.1) is 0 Å². The highest BCUT2D eigenvalue weighted by Crippen LogP contribution is 2.41. The van der Waals surface area contributed by atoms with E-state index in [-0.39, 0.29) is 5.91 Å². The highest BCUT2D eigenvalue weighted by molar-refractivity contribution is 6.07. The Balaban J connectivity index is 1.68. The van der Waals surface area contributed by atoms with E-state index in [9.17, 15) is 4.79 Å². The number of anilines is 2. The van der Waals surface area contributed by atoms with Crippen LogP contribution in [-0.2, 0) is 0 Å². The highest BCUT2D eigenvalue weighted by Gasteiger charge is 2.21. The monoisotopic (exact) mass is 433 g/mol. The summed E-state index contributed by atoms with van der Waals surface area (Å²) in [4.78, 5) is 26.5. The SMILES string of the molecule is COc1cc(N(C)C(=O)c2cc3nc(-c4ccnc(N)c4)ccc3[nH]2)cc(OC)c1OC. The summed E-state index contributed by atoms with van der Waals surface area (Å²) in [6, 6.07) is 12.5. The number of amides is 1. The Morgan fingerprint density at radius 1 is 1.00 bits per heavy atom. The second-order valence-corrected chi connectivity index (χ2v) is 7.03. The first-order valence-corrected chi connectivity index (χ1v) is 9.75. The zero-order valence-electron chi connectivity index (χ0n) is 18.2. The molecule has 9 nitrogen and oxygen atoms in total. The molecular weight excluding hydrogens is 410 g/mol. The molecule has 0 radical (unpaired) electrons. The number of aromatic nitrogens is 3. The molecule has 4 rings (SSSR count). The first kappa shape index (κ1) is 21.0. The van der Waals surface area contributed by atoms with Gasteiger partial charge in [-0.05, 0) is 30.3 Å². The molecule has 3 N–H and O–H groups in total. The van der Waals surface area contributed by atoms with E-state index in [0.29, 0.717) is 40.0 Å². The van der Waals surface area contributed by atoms with Crippen LogP contribution in [0.25, 0.3) is 22.3 Å². The smallest absolute Gasteiger partial charge is 0.274 e. The Hall–Kier alpha value is -4.27. The van der Waals surface area contributed by atoms with Crippen molar-refractivity contribution in [2.24, 2.45) is 0 Å². The fourth-order valence-corrected chi connectivity index (χ4v) is 3.45. The molecule has 0 spiro atoms. The van der Waals surface area contributed by atoms with Gasteiger partial charge in [0.15, 0.2) is 11.5 Å². The summed E-state index contributed by atoms with van der Waals surface area (Å²) in [7, 11) is 6.26. The van der Waals surface area contributed by atoms with E-state index in [1.165, 1.54) is 26.2 Å². The number of carbonyl (C=O) groups is 1. The Bertz CT molecular complexity index is 1280. The van der Waals surface area contributed by atoms with Gasteiger partial charge in [-0.2, -0.15) is 0 Å². The molecule has 0 saturated carbocycles. The number of hydrogen-bond donors (Lipinski definition) is 2. The predicted octanol–water partition coefficient (Wildman–Crippen LogP) is 3.51. The summed E-state index contributed by atoms with van der Waals surface area (Å²) in [6.45, 7) is 0. The molecule has 0 atom stereocenters. The van der Waals surface area contributed by atoms with Crippen LogP contribution in [0.2, 0.25) is 0 Å². The number of carbonyl (C=O) groups excluding carboxylic acids is 1. The molecule has 1 amide bonds. The second-order valence-electron chi connectivity index (χ2n) is 7.03. The van der Waals surface area contributed by atoms with Crippen LogP contribution in [0.5, 0.6) is 17.2 Å². The van der Waals surface area contributed by atoms with Gasteiger partial charge in [-0.25, -0.2) is 9.97 Å². The standard InChI is InChI=1S/C23H23N5O4/c1-28(14-10-19(30-2)22(32-4)20(11-14)31-3)23(29)18-12-17-16(27-18)6-5-15(26-17)13-7-8-25-21(24)9-13/h5-12,27H,1-4H3,(H2,24,25). The summed E-state index contributed by atoms with van der Waals surface area (Å²) in [6.07, 6.45) is 1.63. The molecular formula is C23H23N5O4. The Morgan fingerprint density at radius 2 is 1.72 bits per heavy atom. The molecule has 3 heterocycles.